The molecule has 10 rings (SSSR count). The van der Waals surface area contributed by atoms with E-state index in [-0.39, 0.29) is 29.7 Å². The Morgan fingerprint density at radius 1 is 0.378 bits per heavy atom. The van der Waals surface area contributed by atoms with Gasteiger partial charge in [-0.25, -0.2) is 0 Å². The number of furan rings is 1. The third-order valence-electron chi connectivity index (χ3n) is 9.32. The predicted octanol–water partition coefficient (Wildman–Crippen LogP) is 12.6. The summed E-state index contributed by atoms with van der Waals surface area (Å²) in [6.45, 7) is 0. The van der Waals surface area contributed by atoms with Gasteiger partial charge in [-0.2, -0.15) is 0 Å². The summed E-state index contributed by atoms with van der Waals surface area (Å²) >= 11 is 0. The molecule has 208 valence electrons. The van der Waals surface area contributed by atoms with Crippen LogP contribution < -0.4 is 0 Å². The largest absolute Gasteiger partial charge is 0.456 e. The molecule has 1 heteroatoms. The second-order valence-corrected chi connectivity index (χ2v) is 11.7. The molecule has 0 N–H and O–H groups in total. The van der Waals surface area contributed by atoms with Gasteiger partial charge in [-0.1, -0.05) is 139 Å². The van der Waals surface area contributed by atoms with E-state index in [1.165, 1.54) is 48.8 Å². The summed E-state index contributed by atoms with van der Waals surface area (Å²) in [5.74, 6) is 0. The lowest BCUT2D eigenvalue weighted by molar-refractivity contribution is 0.669. The lowest BCUT2D eigenvalue weighted by Gasteiger charge is -2.17. The standard InChI is InChI=1S/C44H26O/c1-2-8-27(9-3-1)31-20-25-39-41(26-31)45-40-15-7-14-36(44(39)40)35-22-17-30-18-23-37-34(21-16-29-19-24-38(35)43(30)42(29)37)33-13-6-11-28-10-4-5-12-32(28)33/h1-26H/i1D,2D,3D,8D,9D. The molecule has 1 nitrogen and oxygen atoms in total. The molecule has 9 aromatic carbocycles. The average Bonchev–Trinajstić information content (AvgIpc) is 3.53. The molecule has 0 saturated heterocycles. The molecular weight excluding hydrogens is 544 g/mol. The zero-order chi connectivity index (χ0) is 33.8. The Hall–Kier alpha value is -5.92. The van der Waals surface area contributed by atoms with E-state index < -0.39 is 6.04 Å². The summed E-state index contributed by atoms with van der Waals surface area (Å²) in [5, 5.41) is 11.6. The maximum Gasteiger partial charge on any atom is 0.136 e. The van der Waals surface area contributed by atoms with E-state index in [4.69, 9.17) is 11.3 Å². The van der Waals surface area contributed by atoms with Gasteiger partial charge in [0, 0.05) is 10.8 Å². The van der Waals surface area contributed by atoms with Crippen molar-refractivity contribution in [2.45, 2.75) is 0 Å². The molecule has 0 atom stereocenters. The van der Waals surface area contributed by atoms with Crippen LogP contribution in [0.3, 0.4) is 0 Å². The van der Waals surface area contributed by atoms with Gasteiger partial charge in [0.1, 0.15) is 11.2 Å². The van der Waals surface area contributed by atoms with Crippen LogP contribution in [-0.2, 0) is 0 Å². The first-order valence-corrected chi connectivity index (χ1v) is 15.1. The summed E-state index contributed by atoms with van der Waals surface area (Å²) in [6.07, 6.45) is 0. The minimum absolute atomic E-state index is 0.160. The molecule has 0 radical (unpaired) electrons. The quantitative estimate of drug-likeness (QED) is 0.191. The Bertz CT molecular complexity index is 3010. The van der Waals surface area contributed by atoms with Gasteiger partial charge < -0.3 is 4.42 Å². The van der Waals surface area contributed by atoms with E-state index in [9.17, 15) is 0 Å². The van der Waals surface area contributed by atoms with Crippen molar-refractivity contribution in [1.82, 2.24) is 0 Å². The Morgan fingerprint density at radius 2 is 1.00 bits per heavy atom. The number of hydrogen-bond donors (Lipinski definition) is 0. The Morgan fingerprint density at radius 3 is 1.80 bits per heavy atom. The number of benzene rings is 9. The molecule has 0 aliphatic rings. The minimum Gasteiger partial charge on any atom is -0.456 e. The van der Waals surface area contributed by atoms with Crippen molar-refractivity contribution >= 4 is 65.0 Å². The zero-order valence-electron chi connectivity index (χ0n) is 29.0. The van der Waals surface area contributed by atoms with Gasteiger partial charge in [0.05, 0.1) is 6.85 Å². The third-order valence-corrected chi connectivity index (χ3v) is 9.32. The molecule has 0 bridgehead atoms. The highest BCUT2D eigenvalue weighted by Crippen LogP contribution is 2.45. The van der Waals surface area contributed by atoms with Crippen LogP contribution in [0.2, 0.25) is 0 Å². The number of fused-ring (bicyclic) bond motifs is 4. The molecule has 0 saturated carbocycles. The Labute approximate surface area is 266 Å². The summed E-state index contributed by atoms with van der Waals surface area (Å²) in [5.41, 5.74) is 6.57. The Balaban J connectivity index is 1.21. The van der Waals surface area contributed by atoms with Crippen LogP contribution in [0.4, 0.5) is 0 Å². The van der Waals surface area contributed by atoms with Crippen molar-refractivity contribution in [2.24, 2.45) is 0 Å². The average molecular weight is 576 g/mol. The fourth-order valence-electron chi connectivity index (χ4n) is 7.33. The summed E-state index contributed by atoms with van der Waals surface area (Å²) in [6, 6.07) is 43.0. The lowest BCUT2D eigenvalue weighted by Crippen LogP contribution is -1.90. The molecule has 0 spiro atoms. The second-order valence-electron chi connectivity index (χ2n) is 11.7. The van der Waals surface area contributed by atoms with Gasteiger partial charge >= 0.3 is 0 Å². The van der Waals surface area contributed by atoms with E-state index >= 15 is 0 Å². The normalized spacial score (nSPS) is 13.6. The van der Waals surface area contributed by atoms with Crippen molar-refractivity contribution in [3.63, 3.8) is 0 Å². The SMILES string of the molecule is [2H]c1c([2H])c([2H])c(-c2ccc3c(c2)oc2cccc(-c4ccc5ccc6c(-c7cccc8ccccc78)ccc7ccc4c5c76)c23)c([2H])c1[2H]. The van der Waals surface area contributed by atoms with Gasteiger partial charge in [-0.3, -0.25) is 0 Å². The van der Waals surface area contributed by atoms with E-state index in [0.29, 0.717) is 11.1 Å². The van der Waals surface area contributed by atoms with Crippen molar-refractivity contribution in [2.75, 3.05) is 0 Å². The zero-order valence-corrected chi connectivity index (χ0v) is 24.0. The molecule has 1 heterocycles. The van der Waals surface area contributed by atoms with Crippen LogP contribution >= 0.6 is 0 Å². The first-order chi connectivity index (χ1) is 24.4. The highest BCUT2D eigenvalue weighted by Gasteiger charge is 2.19. The minimum atomic E-state index is -0.406. The fourth-order valence-corrected chi connectivity index (χ4v) is 7.33. The van der Waals surface area contributed by atoms with Crippen LogP contribution in [0.25, 0.3) is 98.4 Å². The molecular formula is C44H26O. The van der Waals surface area contributed by atoms with Crippen molar-refractivity contribution < 1.29 is 11.3 Å². The highest BCUT2D eigenvalue weighted by molar-refractivity contribution is 6.29. The summed E-state index contributed by atoms with van der Waals surface area (Å²) < 4.78 is 47.7. The van der Waals surface area contributed by atoms with E-state index in [2.05, 4.69) is 97.1 Å². The van der Waals surface area contributed by atoms with Gasteiger partial charge in [-0.05, 0) is 94.7 Å². The first-order valence-electron chi connectivity index (χ1n) is 17.6. The van der Waals surface area contributed by atoms with Gasteiger partial charge in [0.2, 0.25) is 0 Å². The molecule has 45 heavy (non-hydrogen) atoms. The van der Waals surface area contributed by atoms with Crippen molar-refractivity contribution in [3.8, 4) is 33.4 Å². The van der Waals surface area contributed by atoms with Crippen LogP contribution in [-0.4, -0.2) is 0 Å². The van der Waals surface area contributed by atoms with E-state index in [0.717, 1.165) is 32.9 Å². The van der Waals surface area contributed by atoms with Crippen LogP contribution in [0.1, 0.15) is 6.85 Å². The molecule has 0 amide bonds. The molecule has 0 aliphatic heterocycles. The first kappa shape index (κ1) is 20.1. The fraction of sp³-hybridized carbons (Fsp3) is 0. The molecule has 1 aromatic heterocycles. The topological polar surface area (TPSA) is 13.1 Å². The van der Waals surface area contributed by atoms with E-state index in [1.807, 2.05) is 24.3 Å². The maximum absolute atomic E-state index is 8.50. The van der Waals surface area contributed by atoms with Gasteiger partial charge in [0.15, 0.2) is 0 Å². The van der Waals surface area contributed by atoms with Crippen LogP contribution in [0, 0.1) is 0 Å². The van der Waals surface area contributed by atoms with Crippen molar-refractivity contribution in [3.05, 3.63) is 158 Å². The van der Waals surface area contributed by atoms with Crippen LogP contribution in [0.15, 0.2) is 162 Å². The number of rotatable bonds is 3. The molecule has 0 fully saturated rings. The molecule has 0 unspecified atom stereocenters. The highest BCUT2D eigenvalue weighted by atomic mass is 16.3. The van der Waals surface area contributed by atoms with Gasteiger partial charge in [0.25, 0.3) is 0 Å². The predicted molar refractivity (Wildman–Crippen MR) is 191 cm³/mol. The second kappa shape index (κ2) is 9.29. The summed E-state index contributed by atoms with van der Waals surface area (Å²) in [7, 11) is 0. The third kappa shape index (κ3) is 3.56. The monoisotopic (exact) mass is 575 g/mol. The smallest absolute Gasteiger partial charge is 0.136 e. The molecule has 0 aliphatic carbocycles. The van der Waals surface area contributed by atoms with Gasteiger partial charge in [-0.15, -0.1) is 0 Å². The lowest BCUT2D eigenvalue weighted by atomic mass is 9.86. The summed E-state index contributed by atoms with van der Waals surface area (Å²) in [4.78, 5) is 0. The Kier molecular flexibility index (Phi) is 4.15. The maximum atomic E-state index is 8.50. The van der Waals surface area contributed by atoms with Crippen LogP contribution in [0.5, 0.6) is 0 Å². The number of hydrogen-bond acceptors (Lipinski definition) is 1. The van der Waals surface area contributed by atoms with E-state index in [1.54, 1.807) is 6.07 Å². The van der Waals surface area contributed by atoms with Crippen molar-refractivity contribution in [1.29, 1.82) is 0 Å². The molecule has 10 aromatic rings.